The molecule has 1 unspecified atom stereocenters. The van der Waals surface area contributed by atoms with Gasteiger partial charge in [-0.2, -0.15) is 0 Å². The molecule has 7 nitrogen and oxygen atoms in total. The van der Waals surface area contributed by atoms with Gasteiger partial charge in [0.1, 0.15) is 6.54 Å². The highest BCUT2D eigenvalue weighted by molar-refractivity contribution is 7.92. The molecule has 1 aromatic rings. The zero-order chi connectivity index (χ0) is 19.0. The standard InChI is InChI=1S/C18H24N2O5S/c1-14(18(22)20-16-9-5-6-10-16)25-17(21)13-19-26(23,24)12-11-15-7-3-2-4-8-15/h2-4,7-8,11-12,14,16,19H,5-6,9-10,13H2,1H3,(H,20,22)/b12-11+. The Balaban J connectivity index is 1.76. The van der Waals surface area contributed by atoms with E-state index >= 15 is 0 Å². The smallest absolute Gasteiger partial charge is 0.321 e. The number of carbonyl (C=O) groups is 2. The largest absolute Gasteiger partial charge is 0.452 e. The SMILES string of the molecule is CC(OC(=O)CNS(=O)(=O)/C=C/c1ccccc1)C(=O)NC1CCCC1. The van der Waals surface area contributed by atoms with Crippen molar-refractivity contribution in [2.45, 2.75) is 44.8 Å². The average molecular weight is 380 g/mol. The molecule has 0 aromatic heterocycles. The van der Waals surface area contributed by atoms with Gasteiger partial charge < -0.3 is 10.1 Å². The minimum Gasteiger partial charge on any atom is -0.452 e. The molecular weight excluding hydrogens is 356 g/mol. The molecule has 1 amide bonds. The Bertz CT molecular complexity index is 740. The predicted molar refractivity (Wildman–Crippen MR) is 98.4 cm³/mol. The highest BCUT2D eigenvalue weighted by Gasteiger charge is 2.23. The lowest BCUT2D eigenvalue weighted by Gasteiger charge is -2.17. The fourth-order valence-electron chi connectivity index (χ4n) is 2.62. The summed E-state index contributed by atoms with van der Waals surface area (Å²) in [5.41, 5.74) is 0.720. The van der Waals surface area contributed by atoms with Gasteiger partial charge in [0, 0.05) is 11.4 Å². The number of amides is 1. The number of sulfonamides is 1. The molecule has 2 rings (SSSR count). The molecule has 8 heteroatoms. The van der Waals surface area contributed by atoms with Crippen LogP contribution in [0.5, 0.6) is 0 Å². The number of esters is 1. The summed E-state index contributed by atoms with van der Waals surface area (Å²) < 4.78 is 30.9. The highest BCUT2D eigenvalue weighted by Crippen LogP contribution is 2.17. The topological polar surface area (TPSA) is 102 Å². The van der Waals surface area contributed by atoms with Crippen molar-refractivity contribution in [1.29, 1.82) is 0 Å². The summed E-state index contributed by atoms with van der Waals surface area (Å²) >= 11 is 0. The number of nitrogens with one attached hydrogen (secondary N) is 2. The minimum absolute atomic E-state index is 0.130. The van der Waals surface area contributed by atoms with Crippen molar-refractivity contribution in [3.05, 3.63) is 41.3 Å². The molecule has 26 heavy (non-hydrogen) atoms. The van der Waals surface area contributed by atoms with Crippen LogP contribution in [-0.2, 0) is 24.3 Å². The molecule has 142 valence electrons. The molecule has 0 heterocycles. The van der Waals surface area contributed by atoms with Crippen LogP contribution in [0.25, 0.3) is 6.08 Å². The van der Waals surface area contributed by atoms with Crippen molar-refractivity contribution in [2.24, 2.45) is 0 Å². The Kier molecular flexibility index (Phi) is 7.35. The molecule has 0 saturated heterocycles. The molecule has 1 aliphatic carbocycles. The van der Waals surface area contributed by atoms with E-state index in [9.17, 15) is 18.0 Å². The van der Waals surface area contributed by atoms with Crippen LogP contribution in [0.15, 0.2) is 35.7 Å². The molecule has 1 aliphatic rings. The van der Waals surface area contributed by atoms with Gasteiger partial charge in [-0.15, -0.1) is 0 Å². The summed E-state index contributed by atoms with van der Waals surface area (Å²) in [4.78, 5) is 23.7. The van der Waals surface area contributed by atoms with Crippen LogP contribution in [0.1, 0.15) is 38.2 Å². The minimum atomic E-state index is -3.78. The van der Waals surface area contributed by atoms with E-state index in [1.165, 1.54) is 13.0 Å². The molecule has 0 spiro atoms. The van der Waals surface area contributed by atoms with E-state index in [1.54, 1.807) is 24.3 Å². The lowest BCUT2D eigenvalue weighted by atomic mass is 10.2. The van der Waals surface area contributed by atoms with Crippen LogP contribution in [0.4, 0.5) is 0 Å². The quantitative estimate of drug-likeness (QED) is 0.667. The van der Waals surface area contributed by atoms with Gasteiger partial charge in [0.05, 0.1) is 0 Å². The third-order valence-electron chi connectivity index (χ3n) is 4.04. The first-order chi connectivity index (χ1) is 12.4. The second-order valence-electron chi connectivity index (χ2n) is 6.20. The first-order valence-electron chi connectivity index (χ1n) is 8.58. The number of rotatable bonds is 8. The maximum atomic E-state index is 12.0. The fourth-order valence-corrected chi connectivity index (χ4v) is 3.37. The van der Waals surface area contributed by atoms with Crippen molar-refractivity contribution in [1.82, 2.24) is 10.0 Å². The normalized spacial score (nSPS) is 16.5. The van der Waals surface area contributed by atoms with Gasteiger partial charge in [-0.3, -0.25) is 9.59 Å². The molecule has 1 fully saturated rings. The zero-order valence-corrected chi connectivity index (χ0v) is 15.5. The summed E-state index contributed by atoms with van der Waals surface area (Å²) in [6.45, 7) is 0.925. The average Bonchev–Trinajstić information content (AvgIpc) is 3.12. The first-order valence-corrected chi connectivity index (χ1v) is 10.1. The van der Waals surface area contributed by atoms with E-state index in [2.05, 4.69) is 10.0 Å². The van der Waals surface area contributed by atoms with E-state index in [4.69, 9.17) is 4.74 Å². The Morgan fingerprint density at radius 3 is 2.54 bits per heavy atom. The Morgan fingerprint density at radius 2 is 1.88 bits per heavy atom. The Labute approximate surface area is 153 Å². The van der Waals surface area contributed by atoms with Crippen molar-refractivity contribution in [2.75, 3.05) is 6.54 Å². The predicted octanol–water partition coefficient (Wildman–Crippen LogP) is 1.57. The van der Waals surface area contributed by atoms with Crippen LogP contribution in [0.3, 0.4) is 0 Å². The monoisotopic (exact) mass is 380 g/mol. The van der Waals surface area contributed by atoms with Crippen molar-refractivity contribution in [3.63, 3.8) is 0 Å². The number of carbonyl (C=O) groups excluding carboxylic acids is 2. The van der Waals surface area contributed by atoms with Gasteiger partial charge in [-0.05, 0) is 31.4 Å². The van der Waals surface area contributed by atoms with E-state index in [1.807, 2.05) is 6.07 Å². The summed E-state index contributed by atoms with van der Waals surface area (Å²) in [6.07, 6.45) is 4.48. The van der Waals surface area contributed by atoms with Crippen LogP contribution in [-0.4, -0.2) is 39.0 Å². The molecular formula is C18H24N2O5S. The molecule has 0 aliphatic heterocycles. The Hall–Kier alpha value is -2.19. The fraction of sp³-hybridized carbons (Fsp3) is 0.444. The van der Waals surface area contributed by atoms with Gasteiger partial charge in [0.15, 0.2) is 6.10 Å². The van der Waals surface area contributed by atoms with Crippen molar-refractivity contribution < 1.29 is 22.7 Å². The number of hydrogen-bond donors (Lipinski definition) is 2. The Morgan fingerprint density at radius 1 is 1.23 bits per heavy atom. The van der Waals surface area contributed by atoms with E-state index < -0.39 is 28.6 Å². The second-order valence-corrected chi connectivity index (χ2v) is 7.85. The van der Waals surface area contributed by atoms with Crippen LogP contribution < -0.4 is 10.0 Å². The number of ether oxygens (including phenoxy) is 1. The third-order valence-corrected chi connectivity index (χ3v) is 5.08. The summed E-state index contributed by atoms with van der Waals surface area (Å²) in [5, 5.41) is 3.81. The van der Waals surface area contributed by atoms with Gasteiger partial charge >= 0.3 is 5.97 Å². The van der Waals surface area contributed by atoms with Gasteiger partial charge in [-0.25, -0.2) is 13.1 Å². The summed E-state index contributed by atoms with van der Waals surface area (Å²) in [7, 11) is -3.78. The molecule has 1 atom stereocenters. The van der Waals surface area contributed by atoms with Crippen molar-refractivity contribution in [3.8, 4) is 0 Å². The van der Waals surface area contributed by atoms with Gasteiger partial charge in [0.25, 0.3) is 5.91 Å². The van der Waals surface area contributed by atoms with E-state index in [0.29, 0.717) is 0 Å². The molecule has 0 radical (unpaired) electrons. The lowest BCUT2D eigenvalue weighted by molar-refractivity contribution is -0.153. The lowest BCUT2D eigenvalue weighted by Crippen LogP contribution is -2.42. The van der Waals surface area contributed by atoms with Crippen LogP contribution in [0, 0.1) is 0 Å². The summed E-state index contributed by atoms with van der Waals surface area (Å²) in [6, 6.07) is 9.04. The van der Waals surface area contributed by atoms with Crippen LogP contribution in [0.2, 0.25) is 0 Å². The second kappa shape index (κ2) is 9.49. The maximum Gasteiger partial charge on any atom is 0.321 e. The summed E-state index contributed by atoms with van der Waals surface area (Å²) in [5.74, 6) is -1.17. The molecule has 1 saturated carbocycles. The molecule has 0 bridgehead atoms. The molecule has 2 N–H and O–H groups in total. The molecule has 1 aromatic carbocycles. The van der Waals surface area contributed by atoms with Crippen LogP contribution >= 0.6 is 0 Å². The number of benzene rings is 1. The third kappa shape index (κ3) is 6.97. The van der Waals surface area contributed by atoms with E-state index in [-0.39, 0.29) is 11.9 Å². The van der Waals surface area contributed by atoms with Crippen molar-refractivity contribution >= 4 is 28.0 Å². The maximum absolute atomic E-state index is 12.0. The van der Waals surface area contributed by atoms with Gasteiger partial charge in [-0.1, -0.05) is 43.2 Å². The first kappa shape index (κ1) is 20.1. The highest BCUT2D eigenvalue weighted by atomic mass is 32.2. The number of hydrogen-bond acceptors (Lipinski definition) is 5. The van der Waals surface area contributed by atoms with E-state index in [0.717, 1.165) is 36.7 Å². The van der Waals surface area contributed by atoms with Gasteiger partial charge in [0.2, 0.25) is 10.0 Å². The zero-order valence-electron chi connectivity index (χ0n) is 14.7.